The van der Waals surface area contributed by atoms with Crippen molar-refractivity contribution in [1.82, 2.24) is 0 Å². The lowest BCUT2D eigenvalue weighted by atomic mass is 10.2. The quantitative estimate of drug-likeness (QED) is 0.747. The molecule has 0 unspecified atom stereocenters. The molecule has 1 rings (SSSR count). The second-order valence-corrected chi connectivity index (χ2v) is 2.39. The van der Waals surface area contributed by atoms with Crippen LogP contribution in [-0.2, 0) is 0 Å². The van der Waals surface area contributed by atoms with Gasteiger partial charge in [-0.1, -0.05) is 6.07 Å². The summed E-state index contributed by atoms with van der Waals surface area (Å²) in [5.74, 6) is -0.446. The molecule has 0 aliphatic heterocycles. The normalized spacial score (nSPS) is 7.80. The summed E-state index contributed by atoms with van der Waals surface area (Å²) in [6.07, 6.45) is 0. The van der Waals surface area contributed by atoms with Crippen LogP contribution in [0.25, 0.3) is 0 Å². The number of nitrogens with zero attached hydrogens (tertiary/aromatic N) is 2. The molecule has 0 heterocycles. The standard InChI is InChI=1S/C9H8FNO.C2H3N/c1-2-12-8-5-3-4-7(6-11)9(8)10;1-2-3/h3-5H,2H2,1H3;1H3. The molecule has 0 fully saturated rings. The summed E-state index contributed by atoms with van der Waals surface area (Å²) in [4.78, 5) is 0. The summed E-state index contributed by atoms with van der Waals surface area (Å²) in [7, 11) is 0. The maximum Gasteiger partial charge on any atom is 0.182 e. The van der Waals surface area contributed by atoms with Gasteiger partial charge in [0.25, 0.3) is 0 Å². The van der Waals surface area contributed by atoms with Crippen LogP contribution in [-0.4, -0.2) is 6.61 Å². The number of nitriles is 2. The van der Waals surface area contributed by atoms with Gasteiger partial charge in [0.2, 0.25) is 0 Å². The molecule has 3 nitrogen and oxygen atoms in total. The summed E-state index contributed by atoms with van der Waals surface area (Å²) in [6.45, 7) is 3.59. The first-order chi connectivity index (χ1) is 7.21. The Labute approximate surface area is 88.3 Å². The molecule has 4 heteroatoms. The predicted molar refractivity (Wildman–Crippen MR) is 53.6 cm³/mol. The van der Waals surface area contributed by atoms with Crippen LogP contribution in [0.4, 0.5) is 4.39 Å². The third-order valence-corrected chi connectivity index (χ3v) is 1.38. The number of hydrogen-bond donors (Lipinski definition) is 0. The number of halogens is 1. The topological polar surface area (TPSA) is 56.8 Å². The van der Waals surface area contributed by atoms with E-state index in [1.807, 2.05) is 0 Å². The van der Waals surface area contributed by atoms with Crippen molar-refractivity contribution in [1.29, 1.82) is 10.5 Å². The Balaban J connectivity index is 0.000000583. The zero-order valence-corrected chi connectivity index (χ0v) is 8.62. The molecule has 0 aliphatic carbocycles. The average molecular weight is 206 g/mol. The highest BCUT2D eigenvalue weighted by atomic mass is 19.1. The molecule has 1 aromatic carbocycles. The van der Waals surface area contributed by atoms with E-state index in [0.29, 0.717) is 6.61 Å². The van der Waals surface area contributed by atoms with Crippen molar-refractivity contribution in [2.24, 2.45) is 0 Å². The van der Waals surface area contributed by atoms with Gasteiger partial charge < -0.3 is 4.74 Å². The minimum atomic E-state index is -0.582. The van der Waals surface area contributed by atoms with E-state index in [4.69, 9.17) is 15.3 Å². The third-order valence-electron chi connectivity index (χ3n) is 1.38. The summed E-state index contributed by atoms with van der Waals surface area (Å²) in [5, 5.41) is 15.8. The largest absolute Gasteiger partial charge is 0.491 e. The molecule has 0 amide bonds. The van der Waals surface area contributed by atoms with Crippen molar-refractivity contribution in [3.05, 3.63) is 29.6 Å². The number of rotatable bonds is 2. The van der Waals surface area contributed by atoms with Gasteiger partial charge in [-0.25, -0.2) is 4.39 Å². The fraction of sp³-hybridized carbons (Fsp3) is 0.273. The van der Waals surface area contributed by atoms with E-state index in [2.05, 4.69) is 0 Å². The number of ether oxygens (including phenoxy) is 1. The van der Waals surface area contributed by atoms with Gasteiger partial charge in [0.1, 0.15) is 6.07 Å². The van der Waals surface area contributed by atoms with Crippen LogP contribution < -0.4 is 4.74 Å². The van der Waals surface area contributed by atoms with E-state index in [0.717, 1.165) is 0 Å². The molecular weight excluding hydrogens is 195 g/mol. The molecule has 15 heavy (non-hydrogen) atoms. The van der Waals surface area contributed by atoms with Crippen molar-refractivity contribution >= 4 is 0 Å². The zero-order chi connectivity index (χ0) is 11.7. The van der Waals surface area contributed by atoms with E-state index in [-0.39, 0.29) is 11.3 Å². The lowest BCUT2D eigenvalue weighted by Gasteiger charge is -2.03. The van der Waals surface area contributed by atoms with Crippen LogP contribution in [0.3, 0.4) is 0 Å². The van der Waals surface area contributed by atoms with Crippen LogP contribution in [0.5, 0.6) is 5.75 Å². The summed E-state index contributed by atoms with van der Waals surface area (Å²) in [6, 6.07) is 7.99. The highest BCUT2D eigenvalue weighted by Crippen LogP contribution is 2.19. The summed E-state index contributed by atoms with van der Waals surface area (Å²) in [5.41, 5.74) is 0.0148. The molecule has 0 atom stereocenters. The Morgan fingerprint density at radius 1 is 1.40 bits per heavy atom. The van der Waals surface area contributed by atoms with Gasteiger partial charge >= 0.3 is 0 Å². The van der Waals surface area contributed by atoms with Crippen molar-refractivity contribution < 1.29 is 9.13 Å². The van der Waals surface area contributed by atoms with Crippen molar-refractivity contribution in [3.8, 4) is 17.9 Å². The lowest BCUT2D eigenvalue weighted by Crippen LogP contribution is -1.95. The molecule has 0 radical (unpaired) electrons. The fourth-order valence-corrected chi connectivity index (χ4v) is 0.864. The fourth-order valence-electron chi connectivity index (χ4n) is 0.864. The Kier molecular flexibility index (Phi) is 6.33. The van der Waals surface area contributed by atoms with Crippen LogP contribution >= 0.6 is 0 Å². The highest BCUT2D eigenvalue weighted by Gasteiger charge is 2.06. The smallest absolute Gasteiger partial charge is 0.182 e. The average Bonchev–Trinajstić information content (AvgIpc) is 2.23. The van der Waals surface area contributed by atoms with Crippen molar-refractivity contribution in [3.63, 3.8) is 0 Å². The molecule has 0 bridgehead atoms. The van der Waals surface area contributed by atoms with Gasteiger partial charge in [-0.3, -0.25) is 0 Å². The van der Waals surface area contributed by atoms with Crippen LogP contribution in [0.15, 0.2) is 18.2 Å². The van der Waals surface area contributed by atoms with E-state index >= 15 is 0 Å². The predicted octanol–water partition coefficient (Wildman–Crippen LogP) is 2.63. The molecule has 0 aromatic heterocycles. The third kappa shape index (κ3) is 4.10. The van der Waals surface area contributed by atoms with Gasteiger partial charge in [-0.2, -0.15) is 10.5 Å². The second-order valence-electron chi connectivity index (χ2n) is 2.39. The van der Waals surface area contributed by atoms with Gasteiger partial charge in [0, 0.05) is 6.92 Å². The molecule has 1 aromatic rings. The van der Waals surface area contributed by atoms with Gasteiger partial charge in [0.05, 0.1) is 18.2 Å². The molecule has 0 aliphatic rings. The first-order valence-electron chi connectivity index (χ1n) is 4.33. The molecule has 0 spiro atoms. The van der Waals surface area contributed by atoms with E-state index in [1.165, 1.54) is 19.1 Å². The van der Waals surface area contributed by atoms with E-state index in [1.54, 1.807) is 25.1 Å². The number of benzene rings is 1. The van der Waals surface area contributed by atoms with Gasteiger partial charge in [-0.05, 0) is 19.1 Å². The van der Waals surface area contributed by atoms with Crippen LogP contribution in [0, 0.1) is 28.5 Å². The maximum absolute atomic E-state index is 13.1. The van der Waals surface area contributed by atoms with Crippen LogP contribution in [0.2, 0.25) is 0 Å². The van der Waals surface area contributed by atoms with Crippen molar-refractivity contribution in [2.75, 3.05) is 6.61 Å². The summed E-state index contributed by atoms with van der Waals surface area (Å²) < 4.78 is 18.1. The van der Waals surface area contributed by atoms with Gasteiger partial charge in [0.15, 0.2) is 11.6 Å². The molecule has 0 N–H and O–H groups in total. The van der Waals surface area contributed by atoms with Crippen molar-refractivity contribution in [2.45, 2.75) is 13.8 Å². The monoisotopic (exact) mass is 206 g/mol. The molecule has 0 saturated carbocycles. The molecule has 78 valence electrons. The first-order valence-corrected chi connectivity index (χ1v) is 4.33. The van der Waals surface area contributed by atoms with E-state index < -0.39 is 5.82 Å². The maximum atomic E-state index is 13.1. The van der Waals surface area contributed by atoms with Crippen LogP contribution in [0.1, 0.15) is 19.4 Å². The SMILES string of the molecule is CC#N.CCOc1cccc(C#N)c1F. The molecular formula is C11H11FN2O. The Bertz CT molecular complexity index is 391. The first kappa shape index (κ1) is 12.9. The number of hydrogen-bond acceptors (Lipinski definition) is 3. The van der Waals surface area contributed by atoms with E-state index in [9.17, 15) is 4.39 Å². The Morgan fingerprint density at radius 3 is 2.47 bits per heavy atom. The summed E-state index contributed by atoms with van der Waals surface area (Å²) >= 11 is 0. The second kappa shape index (κ2) is 7.34. The highest BCUT2D eigenvalue weighted by molar-refractivity contribution is 5.38. The Morgan fingerprint density at radius 2 is 2.00 bits per heavy atom. The molecule has 0 saturated heterocycles. The zero-order valence-electron chi connectivity index (χ0n) is 8.62. The minimum Gasteiger partial charge on any atom is -0.491 e. The lowest BCUT2D eigenvalue weighted by molar-refractivity contribution is 0.321. The minimum absolute atomic E-state index is 0.0148. The van der Waals surface area contributed by atoms with Gasteiger partial charge in [-0.15, -0.1) is 0 Å². The Hall–Kier alpha value is -2.07.